The lowest BCUT2D eigenvalue weighted by atomic mass is 10.0. The molecule has 1 atom stereocenters. The molecule has 2 nitrogen and oxygen atoms in total. The second-order valence-corrected chi connectivity index (χ2v) is 4.20. The fourth-order valence-electron chi connectivity index (χ4n) is 1.80. The van der Waals surface area contributed by atoms with Crippen LogP contribution in [0.15, 0.2) is 41.0 Å². The molecule has 0 amide bonds. The van der Waals surface area contributed by atoms with Gasteiger partial charge in [0.25, 0.3) is 0 Å². The molecule has 2 rings (SSSR count). The third-order valence-electron chi connectivity index (χ3n) is 2.58. The Balaban J connectivity index is 2.32. The second kappa shape index (κ2) is 4.73. The Morgan fingerprint density at radius 2 is 1.88 bits per heavy atom. The van der Waals surface area contributed by atoms with Crippen molar-refractivity contribution in [3.05, 3.63) is 58.5 Å². The Morgan fingerprint density at radius 3 is 2.38 bits per heavy atom. The maximum atomic E-state index is 5.87. The monoisotopic (exact) mass is 235 g/mol. The molecule has 0 saturated heterocycles. The number of rotatable bonds is 3. The highest BCUT2D eigenvalue weighted by Crippen LogP contribution is 2.24. The summed E-state index contributed by atoms with van der Waals surface area (Å²) in [4.78, 5) is 0. The molecule has 16 heavy (non-hydrogen) atoms. The SMILES string of the molecule is CNC(c1ccc(Cl)cc1)c1coc(C)c1. The van der Waals surface area contributed by atoms with Gasteiger partial charge in [0.1, 0.15) is 5.76 Å². The van der Waals surface area contributed by atoms with Crippen molar-refractivity contribution in [2.45, 2.75) is 13.0 Å². The first-order valence-corrected chi connectivity index (χ1v) is 5.56. The van der Waals surface area contributed by atoms with Crippen LogP contribution in [0.1, 0.15) is 22.9 Å². The van der Waals surface area contributed by atoms with Crippen molar-refractivity contribution < 1.29 is 4.42 Å². The van der Waals surface area contributed by atoms with Crippen LogP contribution in [0.3, 0.4) is 0 Å². The van der Waals surface area contributed by atoms with Crippen LogP contribution in [0.4, 0.5) is 0 Å². The summed E-state index contributed by atoms with van der Waals surface area (Å²) in [6.07, 6.45) is 1.78. The average molecular weight is 236 g/mol. The van der Waals surface area contributed by atoms with Gasteiger partial charge < -0.3 is 9.73 Å². The van der Waals surface area contributed by atoms with E-state index in [1.54, 1.807) is 6.26 Å². The molecule has 0 radical (unpaired) electrons. The van der Waals surface area contributed by atoms with Crippen molar-refractivity contribution in [3.63, 3.8) is 0 Å². The van der Waals surface area contributed by atoms with E-state index in [0.29, 0.717) is 0 Å². The number of aryl methyl sites for hydroxylation is 1. The van der Waals surface area contributed by atoms with Crippen LogP contribution < -0.4 is 5.32 Å². The van der Waals surface area contributed by atoms with Crippen LogP contribution in [-0.2, 0) is 0 Å². The van der Waals surface area contributed by atoms with E-state index in [-0.39, 0.29) is 6.04 Å². The topological polar surface area (TPSA) is 25.2 Å². The van der Waals surface area contributed by atoms with Crippen LogP contribution in [0.5, 0.6) is 0 Å². The molecule has 0 fully saturated rings. The van der Waals surface area contributed by atoms with E-state index in [4.69, 9.17) is 16.0 Å². The zero-order valence-corrected chi connectivity index (χ0v) is 10.1. The molecular weight excluding hydrogens is 222 g/mol. The minimum absolute atomic E-state index is 0.148. The van der Waals surface area contributed by atoms with Gasteiger partial charge in [-0.2, -0.15) is 0 Å². The summed E-state index contributed by atoms with van der Waals surface area (Å²) < 4.78 is 5.33. The fourth-order valence-corrected chi connectivity index (χ4v) is 1.92. The predicted molar refractivity (Wildman–Crippen MR) is 65.8 cm³/mol. The van der Waals surface area contributed by atoms with E-state index >= 15 is 0 Å². The predicted octanol–water partition coefficient (Wildman–Crippen LogP) is 3.55. The van der Waals surface area contributed by atoms with Gasteiger partial charge in [-0.1, -0.05) is 23.7 Å². The standard InChI is InChI=1S/C13H14ClNO/c1-9-7-11(8-16-9)13(15-2)10-3-5-12(14)6-4-10/h3-8,13,15H,1-2H3. The Hall–Kier alpha value is -1.25. The molecule has 84 valence electrons. The molecule has 1 aromatic heterocycles. The lowest BCUT2D eigenvalue weighted by Crippen LogP contribution is -2.16. The van der Waals surface area contributed by atoms with Crippen LogP contribution in [0.25, 0.3) is 0 Å². The lowest BCUT2D eigenvalue weighted by Gasteiger charge is -2.14. The van der Waals surface area contributed by atoms with E-state index in [1.165, 1.54) is 5.56 Å². The smallest absolute Gasteiger partial charge is 0.101 e. The number of benzene rings is 1. The molecule has 0 aliphatic carbocycles. The molecule has 1 heterocycles. The van der Waals surface area contributed by atoms with Gasteiger partial charge in [-0.25, -0.2) is 0 Å². The number of hydrogen-bond acceptors (Lipinski definition) is 2. The van der Waals surface area contributed by atoms with E-state index in [2.05, 4.69) is 5.32 Å². The molecule has 0 bridgehead atoms. The van der Waals surface area contributed by atoms with E-state index in [9.17, 15) is 0 Å². The van der Waals surface area contributed by atoms with Gasteiger partial charge in [0, 0.05) is 10.6 Å². The largest absolute Gasteiger partial charge is 0.469 e. The first-order chi connectivity index (χ1) is 7.70. The van der Waals surface area contributed by atoms with Crippen molar-refractivity contribution in [2.24, 2.45) is 0 Å². The summed E-state index contributed by atoms with van der Waals surface area (Å²) in [6.45, 7) is 1.94. The summed E-state index contributed by atoms with van der Waals surface area (Å²) in [6, 6.07) is 10.0. The second-order valence-electron chi connectivity index (χ2n) is 3.76. The van der Waals surface area contributed by atoms with Crippen molar-refractivity contribution in [1.82, 2.24) is 5.32 Å². The third-order valence-corrected chi connectivity index (χ3v) is 2.83. The highest BCUT2D eigenvalue weighted by Gasteiger charge is 2.13. The highest BCUT2D eigenvalue weighted by atomic mass is 35.5. The minimum Gasteiger partial charge on any atom is -0.469 e. The van der Waals surface area contributed by atoms with Crippen molar-refractivity contribution in [1.29, 1.82) is 0 Å². The Bertz CT molecular complexity index is 461. The molecule has 0 aliphatic heterocycles. The van der Waals surface area contributed by atoms with Crippen LogP contribution in [0, 0.1) is 6.92 Å². The highest BCUT2D eigenvalue weighted by molar-refractivity contribution is 6.30. The zero-order valence-electron chi connectivity index (χ0n) is 9.33. The Morgan fingerprint density at radius 1 is 1.19 bits per heavy atom. The Kier molecular flexibility index (Phi) is 3.32. The minimum atomic E-state index is 0.148. The normalized spacial score (nSPS) is 12.7. The van der Waals surface area contributed by atoms with Gasteiger partial charge in [-0.05, 0) is 37.7 Å². The van der Waals surface area contributed by atoms with Crippen LogP contribution >= 0.6 is 11.6 Å². The molecular formula is C13H14ClNO. The van der Waals surface area contributed by atoms with Gasteiger partial charge in [0.15, 0.2) is 0 Å². The van der Waals surface area contributed by atoms with Crippen LogP contribution in [0.2, 0.25) is 5.02 Å². The number of furan rings is 1. The summed E-state index contributed by atoms with van der Waals surface area (Å²) in [7, 11) is 1.93. The Labute approximate surface area is 100 Å². The maximum absolute atomic E-state index is 5.87. The molecule has 1 aromatic carbocycles. The molecule has 0 spiro atoms. The van der Waals surface area contributed by atoms with E-state index in [0.717, 1.165) is 16.3 Å². The first kappa shape index (κ1) is 11.2. The number of hydrogen-bond donors (Lipinski definition) is 1. The lowest BCUT2D eigenvalue weighted by molar-refractivity contribution is 0.528. The van der Waals surface area contributed by atoms with Gasteiger partial charge in [0.05, 0.1) is 12.3 Å². The molecule has 1 unspecified atom stereocenters. The summed E-state index contributed by atoms with van der Waals surface area (Å²) in [5.74, 6) is 0.921. The summed E-state index contributed by atoms with van der Waals surface area (Å²) in [5.41, 5.74) is 2.30. The summed E-state index contributed by atoms with van der Waals surface area (Å²) >= 11 is 5.87. The first-order valence-electron chi connectivity index (χ1n) is 5.18. The van der Waals surface area contributed by atoms with Gasteiger partial charge in [0.2, 0.25) is 0 Å². The van der Waals surface area contributed by atoms with Crippen LogP contribution in [-0.4, -0.2) is 7.05 Å². The van der Waals surface area contributed by atoms with Gasteiger partial charge in [-0.15, -0.1) is 0 Å². The van der Waals surface area contributed by atoms with Crippen molar-refractivity contribution in [2.75, 3.05) is 7.05 Å². The molecule has 0 aliphatic rings. The average Bonchev–Trinajstić information content (AvgIpc) is 2.69. The van der Waals surface area contributed by atoms with Gasteiger partial charge >= 0.3 is 0 Å². The fraction of sp³-hybridized carbons (Fsp3) is 0.231. The van der Waals surface area contributed by atoms with Crippen molar-refractivity contribution in [3.8, 4) is 0 Å². The number of nitrogens with one attached hydrogen (secondary N) is 1. The van der Waals surface area contributed by atoms with E-state index < -0.39 is 0 Å². The molecule has 3 heteroatoms. The van der Waals surface area contributed by atoms with E-state index in [1.807, 2.05) is 44.3 Å². The van der Waals surface area contributed by atoms with Gasteiger partial charge in [-0.3, -0.25) is 0 Å². The number of halogens is 1. The molecule has 1 N–H and O–H groups in total. The quantitative estimate of drug-likeness (QED) is 0.880. The molecule has 2 aromatic rings. The zero-order chi connectivity index (χ0) is 11.5. The maximum Gasteiger partial charge on any atom is 0.101 e. The molecule has 0 saturated carbocycles. The van der Waals surface area contributed by atoms with Crippen molar-refractivity contribution >= 4 is 11.6 Å². The summed E-state index contributed by atoms with van der Waals surface area (Å²) in [5, 5.41) is 4.02. The third kappa shape index (κ3) is 2.29.